The highest BCUT2D eigenvalue weighted by Crippen LogP contribution is 2.21. The minimum absolute atomic E-state index is 0.241. The normalized spacial score (nSPS) is 10.9. The molecule has 0 heterocycles. The second-order valence-corrected chi connectivity index (χ2v) is 9.15. The van der Waals surface area contributed by atoms with E-state index in [2.05, 4.69) is 41.8 Å². The van der Waals surface area contributed by atoms with Gasteiger partial charge in [-0.1, -0.05) is 92.5 Å². The van der Waals surface area contributed by atoms with Gasteiger partial charge in [0, 0.05) is 32.5 Å². The van der Waals surface area contributed by atoms with Crippen molar-refractivity contribution in [3.05, 3.63) is 128 Å². The van der Waals surface area contributed by atoms with E-state index in [1.165, 1.54) is 0 Å². The van der Waals surface area contributed by atoms with Gasteiger partial charge >= 0.3 is 0 Å². The first kappa shape index (κ1) is 25.4. The van der Waals surface area contributed by atoms with Gasteiger partial charge in [0.05, 0.1) is 13.1 Å². The Labute approximate surface area is 216 Å². The number of benzene rings is 4. The van der Waals surface area contributed by atoms with Gasteiger partial charge in [0.1, 0.15) is 11.5 Å². The predicted molar refractivity (Wildman–Crippen MR) is 147 cm³/mol. The lowest BCUT2D eigenvalue weighted by atomic mass is 10.2. The van der Waals surface area contributed by atoms with Crippen molar-refractivity contribution in [2.45, 2.75) is 13.1 Å². The number of hydrogen-bond donors (Lipinski definition) is 2. The average Bonchev–Trinajstić information content (AvgIpc) is 2.85. The number of hydrogen-bond acceptors (Lipinski definition) is 4. The van der Waals surface area contributed by atoms with Gasteiger partial charge in [0.2, 0.25) is 0 Å². The highest BCUT2D eigenvalue weighted by Gasteiger charge is 1.99. The van der Waals surface area contributed by atoms with Crippen molar-refractivity contribution in [2.24, 2.45) is 9.98 Å². The molecule has 0 aromatic heterocycles. The third-order valence-corrected chi connectivity index (χ3v) is 5.66. The molecule has 2 N–H and O–H groups in total. The van der Waals surface area contributed by atoms with Crippen LogP contribution in [0.1, 0.15) is 22.3 Å². The zero-order valence-electron chi connectivity index (χ0n) is 18.4. The molecule has 0 atom stereocenters. The third-order valence-electron chi connectivity index (χ3n) is 4.67. The maximum absolute atomic E-state index is 9.62. The van der Waals surface area contributed by atoms with E-state index in [0.29, 0.717) is 13.1 Å². The Hall–Kier alpha value is -3.22. The fourth-order valence-corrected chi connectivity index (χ4v) is 3.68. The molecule has 0 unspecified atom stereocenters. The van der Waals surface area contributed by atoms with E-state index in [0.717, 1.165) is 31.2 Å². The van der Waals surface area contributed by atoms with E-state index in [-0.39, 0.29) is 11.5 Å². The number of phenolic OH excluding ortho intramolecular Hbond substituents is 2. The average molecular weight is 580 g/mol. The van der Waals surface area contributed by atoms with Crippen molar-refractivity contribution >= 4 is 44.3 Å². The summed E-state index contributed by atoms with van der Waals surface area (Å²) in [4.78, 5) is 8.62. The molecule has 0 aliphatic rings. The van der Waals surface area contributed by atoms with Crippen LogP contribution in [-0.2, 0) is 13.1 Å². The topological polar surface area (TPSA) is 65.2 Å². The van der Waals surface area contributed by atoms with E-state index in [1.54, 1.807) is 36.7 Å². The molecular weight excluding hydrogens is 556 g/mol. The Morgan fingerprint density at radius 1 is 0.559 bits per heavy atom. The van der Waals surface area contributed by atoms with Crippen LogP contribution in [0.3, 0.4) is 0 Å². The van der Waals surface area contributed by atoms with Crippen LogP contribution >= 0.6 is 31.9 Å². The zero-order valence-corrected chi connectivity index (χ0v) is 21.5. The standard InChI is InChI=1S/2C14H12BrNO/c2*15-13-6-7-14(17)12(8-13)10-16-9-11-4-2-1-3-5-11/h2*1-8,10,17H,9H2. The maximum atomic E-state index is 9.62. The molecule has 4 nitrogen and oxygen atoms in total. The number of rotatable bonds is 6. The van der Waals surface area contributed by atoms with Crippen LogP contribution in [0.2, 0.25) is 0 Å². The Morgan fingerprint density at radius 3 is 1.32 bits per heavy atom. The number of aliphatic imine (C=N–C) groups is 2. The Bertz CT molecular complexity index is 1150. The van der Waals surface area contributed by atoms with Crippen molar-refractivity contribution < 1.29 is 10.2 Å². The molecule has 172 valence electrons. The summed E-state index contributed by atoms with van der Waals surface area (Å²) in [7, 11) is 0. The van der Waals surface area contributed by atoms with Crippen molar-refractivity contribution in [1.82, 2.24) is 0 Å². The van der Waals surface area contributed by atoms with E-state index < -0.39 is 0 Å². The van der Waals surface area contributed by atoms with Gasteiger partial charge in [-0.25, -0.2) is 0 Å². The molecule has 4 rings (SSSR count). The monoisotopic (exact) mass is 578 g/mol. The molecular formula is C28H24Br2N2O2. The lowest BCUT2D eigenvalue weighted by molar-refractivity contribution is 0.474. The zero-order chi connectivity index (χ0) is 24.2. The van der Waals surface area contributed by atoms with Crippen LogP contribution in [0, 0.1) is 0 Å². The number of aromatic hydroxyl groups is 2. The third kappa shape index (κ3) is 8.61. The summed E-state index contributed by atoms with van der Waals surface area (Å²) in [6.07, 6.45) is 3.38. The molecule has 0 spiro atoms. The summed E-state index contributed by atoms with van der Waals surface area (Å²) in [5.74, 6) is 0.482. The first-order valence-corrected chi connectivity index (χ1v) is 12.1. The van der Waals surface area contributed by atoms with Gasteiger partial charge in [-0.05, 0) is 47.5 Å². The molecule has 0 aliphatic heterocycles. The largest absolute Gasteiger partial charge is 0.507 e. The summed E-state index contributed by atoms with van der Waals surface area (Å²) >= 11 is 6.72. The van der Waals surface area contributed by atoms with Gasteiger partial charge in [-0.3, -0.25) is 9.98 Å². The van der Waals surface area contributed by atoms with Gasteiger partial charge in [0.15, 0.2) is 0 Å². The Balaban J connectivity index is 0.000000191. The summed E-state index contributed by atoms with van der Waals surface area (Å²) in [6.45, 7) is 1.24. The molecule has 6 heteroatoms. The van der Waals surface area contributed by atoms with E-state index >= 15 is 0 Å². The molecule has 34 heavy (non-hydrogen) atoms. The van der Waals surface area contributed by atoms with Crippen LogP contribution in [0.15, 0.2) is 116 Å². The molecule has 4 aromatic rings. The van der Waals surface area contributed by atoms with Crippen LogP contribution in [0.25, 0.3) is 0 Å². The summed E-state index contributed by atoms with van der Waals surface area (Å²) < 4.78 is 1.85. The first-order chi connectivity index (χ1) is 16.5. The quantitative estimate of drug-likeness (QED) is 0.232. The van der Waals surface area contributed by atoms with Crippen LogP contribution < -0.4 is 0 Å². The van der Waals surface area contributed by atoms with Crippen molar-refractivity contribution in [3.8, 4) is 11.5 Å². The van der Waals surface area contributed by atoms with Crippen molar-refractivity contribution in [2.75, 3.05) is 0 Å². The van der Waals surface area contributed by atoms with Gasteiger partial charge < -0.3 is 10.2 Å². The lowest BCUT2D eigenvalue weighted by Crippen LogP contribution is -1.85. The molecule has 0 radical (unpaired) electrons. The van der Waals surface area contributed by atoms with E-state index in [4.69, 9.17) is 0 Å². The Kier molecular flexibility index (Phi) is 10.1. The number of nitrogens with zero attached hydrogens (tertiary/aromatic N) is 2. The molecule has 0 saturated heterocycles. The summed E-state index contributed by atoms with van der Waals surface area (Å²) in [5.41, 5.74) is 3.74. The Morgan fingerprint density at radius 2 is 0.941 bits per heavy atom. The summed E-state index contributed by atoms with van der Waals surface area (Å²) in [5, 5.41) is 19.2. The van der Waals surface area contributed by atoms with Gasteiger partial charge in [0.25, 0.3) is 0 Å². The van der Waals surface area contributed by atoms with Crippen LogP contribution in [-0.4, -0.2) is 22.6 Å². The molecule has 0 amide bonds. The van der Waals surface area contributed by atoms with Crippen LogP contribution in [0.4, 0.5) is 0 Å². The van der Waals surface area contributed by atoms with E-state index in [9.17, 15) is 10.2 Å². The first-order valence-electron chi connectivity index (χ1n) is 10.6. The summed E-state index contributed by atoms with van der Waals surface area (Å²) in [6, 6.07) is 30.6. The fourth-order valence-electron chi connectivity index (χ4n) is 2.92. The van der Waals surface area contributed by atoms with Crippen molar-refractivity contribution in [3.63, 3.8) is 0 Å². The predicted octanol–water partition coefficient (Wildman–Crippen LogP) is 7.55. The van der Waals surface area contributed by atoms with Gasteiger partial charge in [-0.2, -0.15) is 0 Å². The molecule has 0 saturated carbocycles. The SMILES string of the molecule is Oc1ccc(Br)cc1C=NCc1ccccc1.Oc1ccc(Br)cc1C=NCc1ccccc1. The van der Waals surface area contributed by atoms with E-state index in [1.807, 2.05) is 72.8 Å². The highest BCUT2D eigenvalue weighted by molar-refractivity contribution is 9.10. The number of phenols is 2. The second-order valence-electron chi connectivity index (χ2n) is 7.32. The highest BCUT2D eigenvalue weighted by atomic mass is 79.9. The molecule has 0 fully saturated rings. The maximum Gasteiger partial charge on any atom is 0.124 e. The van der Waals surface area contributed by atoms with Crippen molar-refractivity contribution in [1.29, 1.82) is 0 Å². The van der Waals surface area contributed by atoms with Crippen LogP contribution in [0.5, 0.6) is 11.5 Å². The lowest BCUT2D eigenvalue weighted by Gasteiger charge is -1.99. The second kappa shape index (κ2) is 13.5. The smallest absolute Gasteiger partial charge is 0.124 e. The fraction of sp³-hybridized carbons (Fsp3) is 0.0714. The molecule has 0 aliphatic carbocycles. The minimum Gasteiger partial charge on any atom is -0.507 e. The number of halogens is 2. The van der Waals surface area contributed by atoms with Gasteiger partial charge in [-0.15, -0.1) is 0 Å². The molecule has 4 aromatic carbocycles. The molecule has 0 bridgehead atoms. The minimum atomic E-state index is 0.241.